The van der Waals surface area contributed by atoms with Crippen LogP contribution in [0, 0.1) is 5.92 Å². The largest absolute Gasteiger partial charge is 0.506 e. The SMILES string of the molecule is Cl.N[C@H](c1cc(Br)c(O)c(Br)c1)[C@@H](O)C1CCC1. The van der Waals surface area contributed by atoms with Gasteiger partial charge in [0, 0.05) is 0 Å². The van der Waals surface area contributed by atoms with E-state index in [1.807, 2.05) is 0 Å². The Kier molecular flexibility index (Phi) is 5.93. The van der Waals surface area contributed by atoms with Gasteiger partial charge in [0.25, 0.3) is 0 Å². The third kappa shape index (κ3) is 3.20. The van der Waals surface area contributed by atoms with Crippen molar-refractivity contribution in [3.05, 3.63) is 26.6 Å². The smallest absolute Gasteiger partial charge is 0.143 e. The number of halogens is 3. The van der Waals surface area contributed by atoms with Gasteiger partial charge in [-0.25, -0.2) is 0 Å². The van der Waals surface area contributed by atoms with Crippen molar-refractivity contribution in [2.24, 2.45) is 11.7 Å². The second-order valence-electron chi connectivity index (χ2n) is 4.54. The van der Waals surface area contributed by atoms with Gasteiger partial charge in [-0.05, 0) is 68.3 Å². The Labute approximate surface area is 129 Å². The number of aromatic hydroxyl groups is 1. The van der Waals surface area contributed by atoms with Crippen molar-refractivity contribution in [2.75, 3.05) is 0 Å². The highest BCUT2D eigenvalue weighted by molar-refractivity contribution is 9.11. The molecule has 1 saturated carbocycles. The number of aliphatic hydroxyl groups excluding tert-OH is 1. The molecular weight excluding hydrogens is 385 g/mol. The molecule has 1 aliphatic rings. The number of aliphatic hydroxyl groups is 1. The highest BCUT2D eigenvalue weighted by atomic mass is 79.9. The summed E-state index contributed by atoms with van der Waals surface area (Å²) >= 11 is 6.53. The van der Waals surface area contributed by atoms with Gasteiger partial charge >= 0.3 is 0 Å². The van der Waals surface area contributed by atoms with Crippen molar-refractivity contribution in [1.82, 2.24) is 0 Å². The third-order valence-electron chi connectivity index (χ3n) is 3.42. The summed E-state index contributed by atoms with van der Waals surface area (Å²) in [5, 5.41) is 19.7. The van der Waals surface area contributed by atoms with Gasteiger partial charge in [0.2, 0.25) is 0 Å². The van der Waals surface area contributed by atoms with Gasteiger partial charge in [-0.2, -0.15) is 0 Å². The van der Waals surface area contributed by atoms with Gasteiger partial charge < -0.3 is 15.9 Å². The molecule has 0 saturated heterocycles. The van der Waals surface area contributed by atoms with Gasteiger partial charge in [0.1, 0.15) is 5.75 Å². The molecule has 0 amide bonds. The first-order valence-corrected chi connectivity index (χ1v) is 7.21. The maximum absolute atomic E-state index is 10.1. The predicted molar refractivity (Wildman–Crippen MR) is 81.0 cm³/mol. The molecule has 0 radical (unpaired) electrons. The molecule has 0 aromatic heterocycles. The first kappa shape index (κ1) is 16.2. The van der Waals surface area contributed by atoms with Gasteiger partial charge in [-0.3, -0.25) is 0 Å². The molecule has 2 rings (SSSR count). The van der Waals surface area contributed by atoms with Crippen LogP contribution >= 0.6 is 44.3 Å². The van der Waals surface area contributed by atoms with Crippen molar-refractivity contribution in [2.45, 2.75) is 31.4 Å². The Balaban J connectivity index is 0.00000162. The fourth-order valence-corrected chi connectivity index (χ4v) is 3.27. The van der Waals surface area contributed by atoms with Crippen LogP contribution < -0.4 is 5.73 Å². The maximum atomic E-state index is 10.1. The van der Waals surface area contributed by atoms with Crippen LogP contribution in [0.5, 0.6) is 5.75 Å². The standard InChI is InChI=1S/C12H15Br2NO2.ClH/c13-8-4-7(5-9(14)12(8)17)10(15)11(16)6-2-1-3-6;/h4-6,10-11,16-17H,1-3,15H2;1H/t10-,11+;/m1./s1. The number of nitrogens with two attached hydrogens (primary N) is 1. The highest BCUT2D eigenvalue weighted by Crippen LogP contribution is 2.38. The normalized spacial score (nSPS) is 18.7. The van der Waals surface area contributed by atoms with Crippen LogP contribution in [0.3, 0.4) is 0 Å². The van der Waals surface area contributed by atoms with E-state index in [1.165, 1.54) is 6.42 Å². The summed E-state index contributed by atoms with van der Waals surface area (Å²) in [4.78, 5) is 0. The first-order chi connectivity index (χ1) is 8.00. The lowest BCUT2D eigenvalue weighted by Crippen LogP contribution is -2.36. The zero-order chi connectivity index (χ0) is 12.6. The molecule has 0 bridgehead atoms. The molecule has 4 N–H and O–H groups in total. The fraction of sp³-hybridized carbons (Fsp3) is 0.500. The van der Waals surface area contributed by atoms with E-state index in [2.05, 4.69) is 31.9 Å². The lowest BCUT2D eigenvalue weighted by Gasteiger charge is -2.34. The molecule has 0 unspecified atom stereocenters. The molecule has 1 fully saturated rings. The van der Waals surface area contributed by atoms with E-state index in [-0.39, 0.29) is 18.2 Å². The van der Waals surface area contributed by atoms with E-state index in [9.17, 15) is 10.2 Å². The summed E-state index contributed by atoms with van der Waals surface area (Å²) in [6.07, 6.45) is 2.77. The molecule has 1 aliphatic carbocycles. The monoisotopic (exact) mass is 399 g/mol. The number of hydrogen-bond acceptors (Lipinski definition) is 3. The predicted octanol–water partition coefficient (Wildman–Crippen LogP) is 3.50. The highest BCUT2D eigenvalue weighted by Gasteiger charge is 2.31. The molecule has 6 heteroatoms. The molecular formula is C12H16Br2ClNO2. The maximum Gasteiger partial charge on any atom is 0.143 e. The van der Waals surface area contributed by atoms with E-state index in [4.69, 9.17) is 5.73 Å². The van der Waals surface area contributed by atoms with Crippen LogP contribution in [0.15, 0.2) is 21.1 Å². The quantitative estimate of drug-likeness (QED) is 0.726. The minimum atomic E-state index is -0.507. The molecule has 2 atom stereocenters. The Morgan fingerprint density at radius 2 is 1.72 bits per heavy atom. The van der Waals surface area contributed by atoms with Gasteiger partial charge in [0.15, 0.2) is 0 Å². The Hall–Kier alpha value is 0.190. The summed E-state index contributed by atoms with van der Waals surface area (Å²) in [5.41, 5.74) is 6.88. The molecule has 0 aliphatic heterocycles. The average Bonchev–Trinajstić information content (AvgIpc) is 2.21. The minimum Gasteiger partial charge on any atom is -0.506 e. The van der Waals surface area contributed by atoms with E-state index < -0.39 is 12.1 Å². The Morgan fingerprint density at radius 3 is 2.11 bits per heavy atom. The van der Waals surface area contributed by atoms with Crippen LogP contribution in [0.4, 0.5) is 0 Å². The number of benzene rings is 1. The Bertz CT molecular complexity index is 404. The summed E-state index contributed by atoms with van der Waals surface area (Å²) in [6, 6.07) is 3.10. The number of rotatable bonds is 3. The summed E-state index contributed by atoms with van der Waals surface area (Å²) in [5.74, 6) is 0.468. The Morgan fingerprint density at radius 1 is 1.22 bits per heavy atom. The van der Waals surface area contributed by atoms with Crippen LogP contribution in [0.25, 0.3) is 0 Å². The van der Waals surface area contributed by atoms with E-state index in [1.54, 1.807) is 12.1 Å². The minimum absolute atomic E-state index is 0. The zero-order valence-corrected chi connectivity index (χ0v) is 13.6. The summed E-state index contributed by atoms with van der Waals surface area (Å²) in [7, 11) is 0. The van der Waals surface area contributed by atoms with Gasteiger partial charge in [-0.15, -0.1) is 12.4 Å². The van der Waals surface area contributed by atoms with Crippen molar-refractivity contribution in [1.29, 1.82) is 0 Å². The van der Waals surface area contributed by atoms with Crippen molar-refractivity contribution in [3.8, 4) is 5.75 Å². The lowest BCUT2D eigenvalue weighted by atomic mass is 9.77. The number of hydrogen-bond donors (Lipinski definition) is 3. The van der Waals surface area contributed by atoms with Crippen LogP contribution in [-0.2, 0) is 0 Å². The van der Waals surface area contributed by atoms with Crippen molar-refractivity contribution < 1.29 is 10.2 Å². The molecule has 1 aromatic rings. The molecule has 0 spiro atoms. The number of phenols is 1. The van der Waals surface area contributed by atoms with Crippen LogP contribution in [-0.4, -0.2) is 16.3 Å². The zero-order valence-electron chi connectivity index (χ0n) is 9.64. The molecule has 18 heavy (non-hydrogen) atoms. The second-order valence-corrected chi connectivity index (χ2v) is 6.25. The summed E-state index contributed by atoms with van der Waals surface area (Å²) in [6.45, 7) is 0. The summed E-state index contributed by atoms with van der Waals surface area (Å²) < 4.78 is 1.16. The first-order valence-electron chi connectivity index (χ1n) is 5.62. The number of phenolic OH excluding ortho intramolecular Hbond substituents is 1. The van der Waals surface area contributed by atoms with E-state index >= 15 is 0 Å². The topological polar surface area (TPSA) is 66.5 Å². The van der Waals surface area contributed by atoms with E-state index in [0.29, 0.717) is 14.9 Å². The molecule has 102 valence electrons. The molecule has 1 aromatic carbocycles. The van der Waals surface area contributed by atoms with Gasteiger partial charge in [-0.1, -0.05) is 6.42 Å². The average molecular weight is 402 g/mol. The second kappa shape index (κ2) is 6.57. The van der Waals surface area contributed by atoms with E-state index in [0.717, 1.165) is 18.4 Å². The van der Waals surface area contributed by atoms with Crippen LogP contribution in [0.1, 0.15) is 30.9 Å². The van der Waals surface area contributed by atoms with Crippen molar-refractivity contribution >= 4 is 44.3 Å². The molecule has 0 heterocycles. The van der Waals surface area contributed by atoms with Crippen molar-refractivity contribution in [3.63, 3.8) is 0 Å². The van der Waals surface area contributed by atoms with Crippen LogP contribution in [0.2, 0.25) is 0 Å². The fourth-order valence-electron chi connectivity index (χ4n) is 2.05. The lowest BCUT2D eigenvalue weighted by molar-refractivity contribution is 0.0413. The van der Waals surface area contributed by atoms with Gasteiger partial charge in [0.05, 0.1) is 21.1 Å². The third-order valence-corrected chi connectivity index (χ3v) is 4.63. The molecule has 3 nitrogen and oxygen atoms in total.